The van der Waals surface area contributed by atoms with Crippen molar-refractivity contribution in [3.8, 4) is 5.75 Å². The number of carbonyl (C=O) groups is 2. The molecule has 0 aliphatic heterocycles. The van der Waals surface area contributed by atoms with Gasteiger partial charge in [-0.2, -0.15) is 0 Å². The molecule has 0 spiro atoms. The van der Waals surface area contributed by atoms with Gasteiger partial charge in [0, 0.05) is 24.2 Å². The van der Waals surface area contributed by atoms with Crippen molar-refractivity contribution < 1.29 is 14.3 Å². The summed E-state index contributed by atoms with van der Waals surface area (Å²) in [7, 11) is 5.59. The van der Waals surface area contributed by atoms with Gasteiger partial charge in [-0.15, -0.1) is 0 Å². The van der Waals surface area contributed by atoms with Crippen LogP contribution in [0.3, 0.4) is 0 Å². The number of methoxy groups -OCH3 is 1. The van der Waals surface area contributed by atoms with E-state index in [-0.39, 0.29) is 23.5 Å². The summed E-state index contributed by atoms with van der Waals surface area (Å²) in [5, 5.41) is 2.97. The molecule has 1 aromatic carbocycles. The van der Waals surface area contributed by atoms with Crippen molar-refractivity contribution in [3.63, 3.8) is 0 Å². The molecule has 1 N–H and O–H groups in total. The number of benzene rings is 1. The summed E-state index contributed by atoms with van der Waals surface area (Å²) in [6, 6.07) is 5.17. The monoisotopic (exact) mass is 320 g/mol. The van der Waals surface area contributed by atoms with Gasteiger partial charge in [-0.25, -0.2) is 0 Å². The number of Topliss-reactive ketones (excluding diaryl/α,β-unsaturated/α-hetero) is 1. The van der Waals surface area contributed by atoms with Crippen LogP contribution in [0, 0.1) is 5.41 Å². The average molecular weight is 320 g/mol. The van der Waals surface area contributed by atoms with Crippen molar-refractivity contribution in [2.45, 2.75) is 27.2 Å². The highest BCUT2D eigenvalue weighted by molar-refractivity contribution is 5.94. The van der Waals surface area contributed by atoms with E-state index in [2.05, 4.69) is 24.1 Å². The number of hydrogen-bond acceptors (Lipinski definition) is 4. The van der Waals surface area contributed by atoms with Crippen molar-refractivity contribution >= 4 is 11.7 Å². The van der Waals surface area contributed by atoms with Gasteiger partial charge in [-0.3, -0.25) is 9.59 Å². The van der Waals surface area contributed by atoms with Gasteiger partial charge in [0.1, 0.15) is 5.75 Å². The molecule has 1 amide bonds. The Labute approximate surface area is 139 Å². The van der Waals surface area contributed by atoms with E-state index in [0.717, 1.165) is 12.1 Å². The predicted octanol–water partition coefficient (Wildman–Crippen LogP) is 2.14. The summed E-state index contributed by atoms with van der Waals surface area (Å²) in [6.45, 7) is 7.22. The Bertz CT molecular complexity index is 565. The van der Waals surface area contributed by atoms with Crippen LogP contribution in [0.5, 0.6) is 5.75 Å². The Balaban J connectivity index is 2.73. The van der Waals surface area contributed by atoms with Crippen LogP contribution in [0.2, 0.25) is 0 Å². The maximum atomic E-state index is 12.2. The van der Waals surface area contributed by atoms with E-state index in [1.54, 1.807) is 25.3 Å². The van der Waals surface area contributed by atoms with Crippen LogP contribution < -0.4 is 10.1 Å². The largest absolute Gasteiger partial charge is 0.496 e. The highest BCUT2D eigenvalue weighted by Crippen LogP contribution is 2.21. The zero-order chi connectivity index (χ0) is 17.6. The topological polar surface area (TPSA) is 58.6 Å². The lowest BCUT2D eigenvalue weighted by atomic mass is 9.93. The molecule has 0 radical (unpaired) electrons. The van der Waals surface area contributed by atoms with Gasteiger partial charge in [0.25, 0.3) is 0 Å². The lowest BCUT2D eigenvalue weighted by Gasteiger charge is -2.28. The minimum absolute atomic E-state index is 0.00945. The first kappa shape index (κ1) is 19.2. The van der Waals surface area contributed by atoms with E-state index in [1.165, 1.54) is 6.92 Å². The lowest BCUT2D eigenvalue weighted by molar-refractivity contribution is -0.120. The first-order valence-corrected chi connectivity index (χ1v) is 7.74. The van der Waals surface area contributed by atoms with Crippen LogP contribution in [0.1, 0.15) is 36.7 Å². The van der Waals surface area contributed by atoms with Crippen molar-refractivity contribution in [3.05, 3.63) is 29.3 Å². The van der Waals surface area contributed by atoms with Crippen LogP contribution in [-0.4, -0.2) is 50.9 Å². The summed E-state index contributed by atoms with van der Waals surface area (Å²) in [6.07, 6.45) is 0.197. The van der Waals surface area contributed by atoms with Gasteiger partial charge in [-0.1, -0.05) is 13.8 Å². The fraction of sp³-hybridized carbons (Fsp3) is 0.556. The smallest absolute Gasteiger partial charge is 0.224 e. The molecule has 128 valence electrons. The third-order valence-corrected chi connectivity index (χ3v) is 3.55. The first-order valence-electron chi connectivity index (χ1n) is 7.74. The van der Waals surface area contributed by atoms with Gasteiger partial charge in [0.2, 0.25) is 5.91 Å². The number of nitrogens with one attached hydrogen (secondary N) is 1. The third-order valence-electron chi connectivity index (χ3n) is 3.55. The van der Waals surface area contributed by atoms with Crippen LogP contribution >= 0.6 is 0 Å². The Kier molecular flexibility index (Phi) is 6.76. The zero-order valence-corrected chi connectivity index (χ0v) is 15.0. The number of amides is 1. The second kappa shape index (κ2) is 8.11. The predicted molar refractivity (Wildman–Crippen MR) is 92.0 cm³/mol. The maximum absolute atomic E-state index is 12.2. The van der Waals surface area contributed by atoms with Crippen molar-refractivity contribution in [1.29, 1.82) is 0 Å². The van der Waals surface area contributed by atoms with Crippen LogP contribution in [0.25, 0.3) is 0 Å². The summed E-state index contributed by atoms with van der Waals surface area (Å²) in [5.74, 6) is 0.523. The summed E-state index contributed by atoms with van der Waals surface area (Å²) in [4.78, 5) is 25.8. The highest BCUT2D eigenvalue weighted by atomic mass is 16.5. The average Bonchev–Trinajstić information content (AvgIpc) is 2.43. The lowest BCUT2D eigenvalue weighted by Crippen LogP contribution is -2.40. The summed E-state index contributed by atoms with van der Waals surface area (Å²) < 4.78 is 5.28. The van der Waals surface area contributed by atoms with Crippen LogP contribution in [0.15, 0.2) is 18.2 Å². The molecule has 5 nitrogen and oxygen atoms in total. The number of ketones is 1. The Morgan fingerprint density at radius 1 is 1.26 bits per heavy atom. The van der Waals surface area contributed by atoms with Gasteiger partial charge in [-0.05, 0) is 44.6 Å². The molecule has 1 aromatic rings. The Morgan fingerprint density at radius 2 is 1.91 bits per heavy atom. The van der Waals surface area contributed by atoms with Crippen LogP contribution in [-0.2, 0) is 11.2 Å². The SMILES string of the molecule is COc1ccc(C(C)=O)cc1CC(=O)NCC(C)(C)CN(C)C. The second-order valence-corrected chi connectivity index (χ2v) is 6.94. The standard InChI is InChI=1S/C18H28N2O3/c1-13(21)14-7-8-16(23-6)15(9-14)10-17(22)19-11-18(2,3)12-20(4)5/h7-9H,10-12H2,1-6H3,(H,19,22). The number of rotatable bonds is 8. The molecule has 0 aliphatic carbocycles. The van der Waals surface area contributed by atoms with E-state index in [1.807, 2.05) is 14.1 Å². The number of nitrogens with zero attached hydrogens (tertiary/aromatic N) is 1. The number of hydrogen-bond donors (Lipinski definition) is 1. The third kappa shape index (κ3) is 6.40. The molecule has 0 unspecified atom stereocenters. The van der Waals surface area contributed by atoms with Gasteiger partial charge < -0.3 is 15.0 Å². The molecule has 23 heavy (non-hydrogen) atoms. The zero-order valence-electron chi connectivity index (χ0n) is 15.0. The molecule has 0 saturated heterocycles. The van der Waals surface area contributed by atoms with E-state index < -0.39 is 0 Å². The molecule has 0 aliphatic rings. The quantitative estimate of drug-likeness (QED) is 0.746. The van der Waals surface area contributed by atoms with E-state index in [4.69, 9.17) is 4.74 Å². The van der Waals surface area contributed by atoms with E-state index in [0.29, 0.717) is 17.9 Å². The molecule has 0 atom stereocenters. The van der Waals surface area contributed by atoms with E-state index >= 15 is 0 Å². The fourth-order valence-electron chi connectivity index (χ4n) is 2.62. The summed E-state index contributed by atoms with van der Waals surface area (Å²) >= 11 is 0. The molecule has 5 heteroatoms. The van der Waals surface area contributed by atoms with Gasteiger partial charge in [0.05, 0.1) is 13.5 Å². The molecule has 1 rings (SSSR count). The first-order chi connectivity index (χ1) is 10.6. The summed E-state index contributed by atoms with van der Waals surface area (Å²) in [5.41, 5.74) is 1.30. The highest BCUT2D eigenvalue weighted by Gasteiger charge is 2.20. The second-order valence-electron chi connectivity index (χ2n) is 6.94. The normalized spacial score (nSPS) is 11.4. The van der Waals surface area contributed by atoms with Crippen molar-refractivity contribution in [1.82, 2.24) is 10.2 Å². The molecule has 0 fully saturated rings. The molecular formula is C18H28N2O3. The number of carbonyl (C=O) groups excluding carboxylic acids is 2. The van der Waals surface area contributed by atoms with Crippen molar-refractivity contribution in [2.75, 3.05) is 34.3 Å². The fourth-order valence-corrected chi connectivity index (χ4v) is 2.62. The maximum Gasteiger partial charge on any atom is 0.224 e. The molecule has 0 heterocycles. The minimum Gasteiger partial charge on any atom is -0.496 e. The van der Waals surface area contributed by atoms with Crippen LogP contribution in [0.4, 0.5) is 0 Å². The minimum atomic E-state index is -0.0733. The van der Waals surface area contributed by atoms with Gasteiger partial charge in [0.15, 0.2) is 5.78 Å². The Hall–Kier alpha value is -1.88. The van der Waals surface area contributed by atoms with E-state index in [9.17, 15) is 9.59 Å². The molecule has 0 saturated carbocycles. The molecule has 0 aromatic heterocycles. The molecule has 0 bridgehead atoms. The molecular weight excluding hydrogens is 292 g/mol. The Morgan fingerprint density at radius 3 is 2.43 bits per heavy atom. The number of ether oxygens (including phenoxy) is 1. The van der Waals surface area contributed by atoms with Crippen molar-refractivity contribution in [2.24, 2.45) is 5.41 Å². The van der Waals surface area contributed by atoms with Gasteiger partial charge >= 0.3 is 0 Å².